The van der Waals surface area contributed by atoms with E-state index in [1.54, 1.807) is 6.07 Å². The van der Waals surface area contributed by atoms with E-state index in [1.807, 2.05) is 32.2 Å². The number of thiazole rings is 1. The Labute approximate surface area is 134 Å². The van der Waals surface area contributed by atoms with E-state index in [-0.39, 0.29) is 17.1 Å². The maximum atomic E-state index is 13.2. The zero-order chi connectivity index (χ0) is 16.2. The maximum absolute atomic E-state index is 13.2. The Morgan fingerprint density at radius 1 is 1.36 bits per heavy atom. The van der Waals surface area contributed by atoms with Crippen molar-refractivity contribution in [2.75, 3.05) is 6.54 Å². The van der Waals surface area contributed by atoms with Crippen LogP contribution in [0, 0.1) is 11.2 Å². The van der Waals surface area contributed by atoms with Crippen LogP contribution in [0.1, 0.15) is 32.9 Å². The van der Waals surface area contributed by atoms with E-state index in [0.29, 0.717) is 19.4 Å². The number of halogens is 1. The third-order valence-electron chi connectivity index (χ3n) is 3.02. The zero-order valence-corrected chi connectivity index (χ0v) is 14.0. The lowest BCUT2D eigenvalue weighted by molar-refractivity contribution is -0.122. The van der Waals surface area contributed by atoms with E-state index in [1.165, 1.54) is 23.5 Å². The monoisotopic (exact) mass is 320 g/mol. The summed E-state index contributed by atoms with van der Waals surface area (Å²) in [6, 6.07) is 6.42. The largest absolute Gasteiger partial charge is 0.356 e. The normalized spacial score (nSPS) is 11.5. The van der Waals surface area contributed by atoms with E-state index in [2.05, 4.69) is 10.3 Å². The molecule has 0 aliphatic carbocycles. The molecule has 3 nitrogen and oxygen atoms in total. The van der Waals surface area contributed by atoms with Crippen LogP contribution in [0.5, 0.6) is 0 Å². The number of aromatic nitrogens is 1. The summed E-state index contributed by atoms with van der Waals surface area (Å²) in [5, 5.41) is 5.67. The predicted octanol–water partition coefficient (Wildman–Crippen LogP) is 4.04. The van der Waals surface area contributed by atoms with Crippen LogP contribution >= 0.6 is 11.3 Å². The lowest BCUT2D eigenvalue weighted by atomic mass is 9.92. The number of hydrogen-bond donors (Lipinski definition) is 1. The van der Waals surface area contributed by atoms with Gasteiger partial charge in [0.2, 0.25) is 5.91 Å². The second-order valence-corrected chi connectivity index (χ2v) is 7.35. The van der Waals surface area contributed by atoms with Gasteiger partial charge < -0.3 is 5.32 Å². The van der Waals surface area contributed by atoms with Crippen LogP contribution in [0.15, 0.2) is 29.6 Å². The molecule has 0 saturated heterocycles. The fourth-order valence-electron chi connectivity index (χ4n) is 2.05. The highest BCUT2D eigenvalue weighted by Gasteiger charge is 2.15. The SMILES string of the molecule is CC(C)(C)CC(=O)NCCc1csc(-c2cccc(F)c2)n1. The fourth-order valence-corrected chi connectivity index (χ4v) is 2.90. The van der Waals surface area contributed by atoms with Gasteiger partial charge in [0.05, 0.1) is 5.69 Å². The molecule has 0 aliphatic rings. The molecule has 5 heteroatoms. The van der Waals surface area contributed by atoms with Crippen LogP contribution in [0.3, 0.4) is 0 Å². The first-order valence-electron chi connectivity index (χ1n) is 7.30. The summed E-state index contributed by atoms with van der Waals surface area (Å²) < 4.78 is 13.2. The molecule has 1 heterocycles. The van der Waals surface area contributed by atoms with Gasteiger partial charge in [-0.05, 0) is 17.5 Å². The number of hydrogen-bond acceptors (Lipinski definition) is 3. The van der Waals surface area contributed by atoms with E-state index >= 15 is 0 Å². The van der Waals surface area contributed by atoms with Crippen molar-refractivity contribution in [2.45, 2.75) is 33.6 Å². The number of carbonyl (C=O) groups excluding carboxylic acids is 1. The molecular weight excluding hydrogens is 299 g/mol. The summed E-state index contributed by atoms with van der Waals surface area (Å²) in [5.74, 6) is -0.197. The Balaban J connectivity index is 1.87. The first-order valence-corrected chi connectivity index (χ1v) is 8.18. The van der Waals surface area contributed by atoms with Crippen molar-refractivity contribution in [1.82, 2.24) is 10.3 Å². The molecule has 0 radical (unpaired) electrons. The molecule has 1 amide bonds. The lowest BCUT2D eigenvalue weighted by Crippen LogP contribution is -2.29. The second-order valence-electron chi connectivity index (χ2n) is 6.49. The van der Waals surface area contributed by atoms with Gasteiger partial charge in [-0.1, -0.05) is 32.9 Å². The van der Waals surface area contributed by atoms with Gasteiger partial charge in [-0.15, -0.1) is 11.3 Å². The van der Waals surface area contributed by atoms with E-state index < -0.39 is 0 Å². The van der Waals surface area contributed by atoms with E-state index in [4.69, 9.17) is 0 Å². The van der Waals surface area contributed by atoms with Crippen molar-refractivity contribution in [1.29, 1.82) is 0 Å². The Kier molecular flexibility index (Phi) is 5.29. The molecule has 0 spiro atoms. The molecule has 1 aromatic carbocycles. The number of amides is 1. The third kappa shape index (κ3) is 5.22. The van der Waals surface area contributed by atoms with Crippen molar-refractivity contribution in [2.24, 2.45) is 5.41 Å². The average Bonchev–Trinajstić information content (AvgIpc) is 2.85. The van der Waals surface area contributed by atoms with Gasteiger partial charge in [-0.3, -0.25) is 4.79 Å². The van der Waals surface area contributed by atoms with Crippen LogP contribution < -0.4 is 5.32 Å². The van der Waals surface area contributed by atoms with Gasteiger partial charge in [-0.2, -0.15) is 0 Å². The first kappa shape index (κ1) is 16.6. The number of nitrogens with one attached hydrogen (secondary N) is 1. The molecule has 0 saturated carbocycles. The number of nitrogens with zero attached hydrogens (tertiary/aromatic N) is 1. The van der Waals surface area contributed by atoms with Crippen LogP contribution in [0.25, 0.3) is 10.6 Å². The fraction of sp³-hybridized carbons (Fsp3) is 0.412. The van der Waals surface area contributed by atoms with E-state index in [0.717, 1.165) is 16.3 Å². The van der Waals surface area contributed by atoms with Gasteiger partial charge >= 0.3 is 0 Å². The molecular formula is C17H21FN2OS. The smallest absolute Gasteiger partial charge is 0.220 e. The summed E-state index contributed by atoms with van der Waals surface area (Å²) in [4.78, 5) is 16.2. The van der Waals surface area contributed by atoms with Gasteiger partial charge in [0, 0.05) is 30.3 Å². The number of benzene rings is 1. The molecule has 2 aromatic rings. The maximum Gasteiger partial charge on any atom is 0.220 e. The van der Waals surface area contributed by atoms with Crippen LogP contribution in [-0.4, -0.2) is 17.4 Å². The highest BCUT2D eigenvalue weighted by Crippen LogP contribution is 2.24. The summed E-state index contributed by atoms with van der Waals surface area (Å²) in [6.45, 7) is 6.69. The van der Waals surface area contributed by atoms with Gasteiger partial charge in [0.1, 0.15) is 10.8 Å². The summed E-state index contributed by atoms with van der Waals surface area (Å²) >= 11 is 1.49. The Bertz CT molecular complexity index is 646. The minimum atomic E-state index is -0.260. The summed E-state index contributed by atoms with van der Waals surface area (Å²) in [7, 11) is 0. The second kappa shape index (κ2) is 7.01. The first-order chi connectivity index (χ1) is 10.3. The zero-order valence-electron chi connectivity index (χ0n) is 13.1. The molecule has 0 aliphatic heterocycles. The van der Waals surface area contributed by atoms with Crippen LogP contribution in [0.4, 0.5) is 4.39 Å². The summed E-state index contributed by atoms with van der Waals surface area (Å²) in [6.07, 6.45) is 1.19. The van der Waals surface area contributed by atoms with Gasteiger partial charge in [-0.25, -0.2) is 9.37 Å². The van der Waals surface area contributed by atoms with Crippen molar-refractivity contribution >= 4 is 17.2 Å². The molecule has 0 unspecified atom stereocenters. The highest BCUT2D eigenvalue weighted by molar-refractivity contribution is 7.13. The van der Waals surface area contributed by atoms with Crippen molar-refractivity contribution < 1.29 is 9.18 Å². The van der Waals surface area contributed by atoms with Gasteiger partial charge in [0.25, 0.3) is 0 Å². The summed E-state index contributed by atoms with van der Waals surface area (Å²) in [5.41, 5.74) is 1.70. The quantitative estimate of drug-likeness (QED) is 0.903. The Morgan fingerprint density at radius 2 is 2.14 bits per heavy atom. The third-order valence-corrected chi connectivity index (χ3v) is 3.96. The minimum Gasteiger partial charge on any atom is -0.356 e. The van der Waals surface area contributed by atoms with Crippen molar-refractivity contribution in [3.63, 3.8) is 0 Å². The molecule has 0 fully saturated rings. The van der Waals surface area contributed by atoms with Crippen molar-refractivity contribution in [3.05, 3.63) is 41.2 Å². The van der Waals surface area contributed by atoms with Crippen molar-refractivity contribution in [3.8, 4) is 10.6 Å². The molecule has 22 heavy (non-hydrogen) atoms. The lowest BCUT2D eigenvalue weighted by Gasteiger charge is -2.17. The van der Waals surface area contributed by atoms with Crippen LogP contribution in [-0.2, 0) is 11.2 Å². The Hall–Kier alpha value is -1.75. The highest BCUT2D eigenvalue weighted by atomic mass is 32.1. The number of rotatable bonds is 5. The van der Waals surface area contributed by atoms with Crippen LogP contribution in [0.2, 0.25) is 0 Å². The Morgan fingerprint density at radius 3 is 2.82 bits per heavy atom. The molecule has 0 atom stereocenters. The standard InChI is InChI=1S/C17H21FN2OS/c1-17(2,3)10-15(21)19-8-7-14-11-22-16(20-14)12-5-4-6-13(18)9-12/h4-6,9,11H,7-8,10H2,1-3H3,(H,19,21). The predicted molar refractivity (Wildman–Crippen MR) is 88.3 cm³/mol. The minimum absolute atomic E-state index is 0.00470. The molecule has 118 valence electrons. The van der Waals surface area contributed by atoms with Gasteiger partial charge in [0.15, 0.2) is 0 Å². The van der Waals surface area contributed by atoms with E-state index in [9.17, 15) is 9.18 Å². The molecule has 1 aromatic heterocycles. The number of carbonyl (C=O) groups is 1. The topological polar surface area (TPSA) is 42.0 Å². The molecule has 0 bridgehead atoms. The molecule has 2 rings (SSSR count). The average molecular weight is 320 g/mol. The molecule has 1 N–H and O–H groups in total.